The van der Waals surface area contributed by atoms with E-state index in [1.165, 1.54) is 0 Å². The van der Waals surface area contributed by atoms with Gasteiger partial charge in [0.15, 0.2) is 20.2 Å². The molecule has 0 saturated carbocycles. The van der Waals surface area contributed by atoms with Gasteiger partial charge in [0.05, 0.1) is 78.8 Å². The third-order valence-corrected chi connectivity index (χ3v) is 20.9. The van der Waals surface area contributed by atoms with Crippen molar-refractivity contribution in [2.45, 2.75) is 84.5 Å². The number of aryl methyl sites for hydroxylation is 1. The Morgan fingerprint density at radius 1 is 0.539 bits per heavy atom. The molecule has 8 heterocycles. The van der Waals surface area contributed by atoms with Gasteiger partial charge in [-0.3, -0.25) is 39.9 Å². The average molecular weight is 1350 g/mol. The molecule has 4 aromatic heterocycles. The lowest BCUT2D eigenvalue weighted by Gasteiger charge is -2.17. The number of aliphatic imine (C=N–C) groups is 4. The summed E-state index contributed by atoms with van der Waals surface area (Å²) >= 11 is 13.4. The lowest BCUT2D eigenvalue weighted by atomic mass is 10.1. The largest absolute Gasteiger partial charge is 0.395 e. The van der Waals surface area contributed by atoms with E-state index in [9.17, 15) is 38.8 Å². The number of rotatable bonds is 20. The van der Waals surface area contributed by atoms with Gasteiger partial charge in [-0.05, 0) is 116 Å². The Morgan fingerprint density at radius 3 is 1.47 bits per heavy atom. The fourth-order valence-corrected chi connectivity index (χ4v) is 15.4. The number of nitrogens with one attached hydrogen (secondary N) is 4. The Kier molecular flexibility index (Phi) is 24.5. The highest BCUT2D eigenvalue weighted by atomic mass is 35.5. The van der Waals surface area contributed by atoms with Crippen LogP contribution in [-0.4, -0.2) is 123 Å². The van der Waals surface area contributed by atoms with Crippen molar-refractivity contribution in [3.8, 4) is 0 Å². The number of halogens is 2. The molecule has 4 aliphatic rings. The van der Waals surface area contributed by atoms with Crippen molar-refractivity contribution in [2.75, 3.05) is 31.8 Å². The lowest BCUT2D eigenvalue weighted by Crippen LogP contribution is -2.41. The second kappa shape index (κ2) is 31.9. The number of thioether (sulfide) groups is 1. The second-order valence-corrected chi connectivity index (χ2v) is 28.6. The van der Waals surface area contributed by atoms with Gasteiger partial charge in [0.2, 0.25) is 0 Å². The molecule has 3 aromatic carbocycles. The summed E-state index contributed by atoms with van der Waals surface area (Å²) < 4.78 is 116. The first-order valence-electron chi connectivity index (χ1n) is 27.9. The minimum absolute atomic E-state index is 0.0169. The predicted molar refractivity (Wildman–Crippen MR) is 350 cm³/mol. The van der Waals surface area contributed by atoms with Crippen molar-refractivity contribution in [3.05, 3.63) is 223 Å². The van der Waals surface area contributed by atoms with Crippen molar-refractivity contribution in [3.63, 3.8) is 0 Å². The molecule has 0 radical (unpaired) electrons. The molecule has 2 atom stereocenters. The highest BCUT2D eigenvalue weighted by Gasteiger charge is 2.33. The molecule has 89 heavy (non-hydrogen) atoms. The molecule has 4 aliphatic heterocycles. The third-order valence-electron chi connectivity index (χ3n) is 13.7. The SMILES string of the molecule is CC[C@H](COCc1ccccc1)NS(=O)(=O)C1=NCc2ncccc21.CSCC[C@H](CO)NS(=O)(=O)C1=NCc2ncccc21.Cc1cccc(CNS(=O)(=O)C2=NCc3ncccc32)c1.O=S(=O)(NCCc1ccc(Cl)c(Cl)c1)C1=NCc2ncccc21. The van der Waals surface area contributed by atoms with E-state index in [-0.39, 0.29) is 52.5 Å². The quantitative estimate of drug-likeness (QED) is 0.0503. The van der Waals surface area contributed by atoms with Crippen molar-refractivity contribution < 1.29 is 43.5 Å². The maximum atomic E-state index is 12.7. The van der Waals surface area contributed by atoms with Gasteiger partial charge in [-0.15, -0.1) is 0 Å². The van der Waals surface area contributed by atoms with E-state index >= 15 is 0 Å². The Morgan fingerprint density at radius 2 is 1.01 bits per heavy atom. The van der Waals surface area contributed by atoms with E-state index in [1.54, 1.807) is 97.2 Å². The van der Waals surface area contributed by atoms with Crippen LogP contribution in [0.5, 0.6) is 0 Å². The zero-order valence-corrected chi connectivity index (χ0v) is 54.3. The monoisotopic (exact) mass is 1340 g/mol. The van der Waals surface area contributed by atoms with Crippen molar-refractivity contribution in [2.24, 2.45) is 20.0 Å². The van der Waals surface area contributed by atoms with Crippen LogP contribution in [0, 0.1) is 6.92 Å². The molecule has 0 spiro atoms. The maximum absolute atomic E-state index is 12.7. The van der Waals surface area contributed by atoms with Crippen LogP contribution in [0.15, 0.2) is 166 Å². The molecule has 0 fully saturated rings. The van der Waals surface area contributed by atoms with Gasteiger partial charge < -0.3 is 9.84 Å². The van der Waals surface area contributed by atoms with E-state index < -0.39 is 46.1 Å². The van der Waals surface area contributed by atoms with Crippen molar-refractivity contribution >= 4 is 95.2 Å². The minimum Gasteiger partial charge on any atom is -0.395 e. The van der Waals surface area contributed by atoms with Gasteiger partial charge in [0, 0.05) is 72.2 Å². The van der Waals surface area contributed by atoms with Crippen LogP contribution < -0.4 is 18.9 Å². The molecule has 11 rings (SSSR count). The number of aliphatic hydroxyl groups is 1. The van der Waals surface area contributed by atoms with Gasteiger partial charge in [-0.2, -0.15) is 11.8 Å². The zero-order chi connectivity index (χ0) is 63.6. The first-order chi connectivity index (χ1) is 42.7. The van der Waals surface area contributed by atoms with Crippen molar-refractivity contribution in [1.82, 2.24) is 38.8 Å². The number of fused-ring (bicyclic) bond motifs is 4. The van der Waals surface area contributed by atoms with E-state index in [4.69, 9.17) is 27.9 Å². The number of sulfonamides is 4. The van der Waals surface area contributed by atoms with Crippen LogP contribution in [0.3, 0.4) is 0 Å². The summed E-state index contributed by atoms with van der Waals surface area (Å²) in [4.78, 5) is 33.0. The number of hydrogen-bond acceptors (Lipinski definition) is 19. The molecule has 7 aromatic rings. The standard InChI is InChI=1S/C18H21N3O3S.C15H13Cl2N3O2S.C15H15N3O2S.C12H17N3O3S2/c1-2-15(13-24-12-14-7-4-3-5-8-14)21-25(22,23)18-16-9-6-10-19-17(16)11-20-18;16-12-4-3-10(8-13(12)17)5-7-20-23(21,22)15-11-2-1-6-18-14(11)9-19-15;1-11-4-2-5-12(8-11)9-18-21(19,20)15-13-6-3-7-16-14(13)10-17-15;1-19-6-4-9(8-16)15-20(17,18)12-10-3-2-5-13-11(10)7-14-12/h3-10,15,21H,2,11-13H2,1H3;1-4,6,8,20H,5,7,9H2;2-8,18H,9-10H2,1H3;2-3,5,9,15-16H,4,6-8H2,1H3/t15-;;;9-/m1..1/s1. The normalized spacial score (nSPS) is 14.5. The molecule has 29 heteroatoms. The van der Waals surface area contributed by atoms with E-state index in [0.29, 0.717) is 107 Å². The summed E-state index contributed by atoms with van der Waals surface area (Å²) in [6, 6.07) is 35.7. The van der Waals surface area contributed by atoms with Crippen LogP contribution in [-0.2, 0) is 90.6 Å². The van der Waals surface area contributed by atoms with Crippen LogP contribution in [0.1, 0.15) is 87.0 Å². The smallest absolute Gasteiger partial charge is 0.258 e. The summed E-state index contributed by atoms with van der Waals surface area (Å²) in [6.07, 6.45) is 10.2. The molecule has 22 nitrogen and oxygen atoms in total. The molecule has 0 aliphatic carbocycles. The number of hydrogen-bond donors (Lipinski definition) is 5. The number of nitrogens with zero attached hydrogens (tertiary/aromatic N) is 8. The van der Waals surface area contributed by atoms with Crippen LogP contribution >= 0.6 is 35.0 Å². The summed E-state index contributed by atoms with van der Waals surface area (Å²) in [5, 5.41) is 10.4. The fraction of sp³-hybridized carbons (Fsp3) is 0.300. The number of pyridine rings is 4. The van der Waals surface area contributed by atoms with Crippen LogP contribution in [0.2, 0.25) is 10.0 Å². The molecule has 0 saturated heterocycles. The topological polar surface area (TPSA) is 315 Å². The first kappa shape index (κ1) is 68.3. The number of aliphatic hydroxyl groups excluding tert-OH is 1. The van der Waals surface area contributed by atoms with Gasteiger partial charge in [0.25, 0.3) is 40.1 Å². The number of aromatic nitrogens is 4. The fourth-order valence-electron chi connectivity index (χ4n) is 9.17. The molecule has 0 unspecified atom stereocenters. The minimum atomic E-state index is -3.72. The highest BCUT2D eigenvalue weighted by Crippen LogP contribution is 2.25. The number of benzene rings is 3. The Balaban J connectivity index is 0.000000154. The first-order valence-corrected chi connectivity index (χ1v) is 36.0. The summed E-state index contributed by atoms with van der Waals surface area (Å²) in [5.74, 6) is 0.776. The lowest BCUT2D eigenvalue weighted by molar-refractivity contribution is 0.103. The Labute approximate surface area is 533 Å². The van der Waals surface area contributed by atoms with E-state index in [0.717, 1.165) is 28.0 Å². The molecule has 5 N–H and O–H groups in total. The van der Waals surface area contributed by atoms with Crippen molar-refractivity contribution in [1.29, 1.82) is 0 Å². The third kappa shape index (κ3) is 18.8. The highest BCUT2D eigenvalue weighted by molar-refractivity contribution is 8.06. The maximum Gasteiger partial charge on any atom is 0.258 e. The molecule has 470 valence electrons. The van der Waals surface area contributed by atoms with E-state index in [1.807, 2.05) is 80.8 Å². The summed E-state index contributed by atoms with van der Waals surface area (Å²) in [6.45, 7) is 6.10. The van der Waals surface area contributed by atoms with Gasteiger partial charge in [-0.25, -0.2) is 52.6 Å². The molecule has 0 amide bonds. The Bertz CT molecular complexity index is 4220. The predicted octanol–water partition coefficient (Wildman–Crippen LogP) is 7.21. The summed E-state index contributed by atoms with van der Waals surface area (Å²) in [5.41, 5.74) is 8.99. The summed E-state index contributed by atoms with van der Waals surface area (Å²) in [7, 11) is -14.7. The number of ether oxygens (including phenoxy) is 1. The molecule has 0 bridgehead atoms. The average Bonchev–Trinajstić information content (AvgIpc) is 1.82. The molecular weight excluding hydrogens is 1280 g/mol. The van der Waals surface area contributed by atoms with E-state index in [2.05, 4.69) is 58.8 Å². The van der Waals surface area contributed by atoms with Gasteiger partial charge in [-0.1, -0.05) is 96.4 Å². The van der Waals surface area contributed by atoms with Gasteiger partial charge >= 0.3 is 0 Å². The Hall–Kier alpha value is -6.57. The second-order valence-electron chi connectivity index (χ2n) is 20.2. The molecular formula is C60H66Cl2N12O10S5. The van der Waals surface area contributed by atoms with Crippen LogP contribution in [0.25, 0.3) is 0 Å². The van der Waals surface area contributed by atoms with Gasteiger partial charge in [0.1, 0.15) is 0 Å². The zero-order valence-electron chi connectivity index (χ0n) is 48.7. The van der Waals surface area contributed by atoms with Crippen LogP contribution in [0.4, 0.5) is 0 Å².